The molecule has 0 aliphatic carbocycles. The van der Waals surface area contributed by atoms with Gasteiger partial charge in [-0.25, -0.2) is 8.42 Å². The first-order valence-electron chi connectivity index (χ1n) is 7.99. The minimum absolute atomic E-state index is 0. The summed E-state index contributed by atoms with van der Waals surface area (Å²) in [7, 11) is -4.48. The summed E-state index contributed by atoms with van der Waals surface area (Å²) in [5.41, 5.74) is 2.50. The van der Waals surface area contributed by atoms with Gasteiger partial charge < -0.3 is 9.66 Å². The number of carboxylic acid groups (broad SMARTS) is 1. The molecule has 0 aromatic heterocycles. The van der Waals surface area contributed by atoms with Crippen LogP contribution in [0.2, 0.25) is 0 Å². The van der Waals surface area contributed by atoms with Gasteiger partial charge in [-0.1, -0.05) is 0 Å². The minimum Gasteiger partial charge on any atom is -0.744 e. The van der Waals surface area contributed by atoms with Crippen LogP contribution in [0.4, 0.5) is 5.69 Å². The van der Waals surface area contributed by atoms with Gasteiger partial charge in [0.05, 0.1) is 10.3 Å². The molecule has 0 saturated heterocycles. The van der Waals surface area contributed by atoms with Crippen LogP contribution in [-0.4, -0.2) is 40.9 Å². The molecule has 25 heavy (non-hydrogen) atoms. The van der Waals surface area contributed by atoms with Crippen molar-refractivity contribution in [1.82, 2.24) is 0 Å². The van der Waals surface area contributed by atoms with Crippen molar-refractivity contribution in [2.24, 2.45) is 0 Å². The molecule has 1 aromatic carbocycles. The number of hydrogen-bond acceptors (Lipinski definition) is 4. The van der Waals surface area contributed by atoms with E-state index >= 15 is 0 Å². The second-order valence-electron chi connectivity index (χ2n) is 6.70. The van der Waals surface area contributed by atoms with Gasteiger partial charge in [0.1, 0.15) is 16.7 Å². The zero-order chi connectivity index (χ0) is 18.1. The van der Waals surface area contributed by atoms with Crippen LogP contribution in [-0.2, 0) is 20.3 Å². The average Bonchev–Trinajstić information content (AvgIpc) is 2.66. The van der Waals surface area contributed by atoms with E-state index in [0.717, 1.165) is 36.3 Å². The van der Waals surface area contributed by atoms with Crippen LogP contribution in [0.3, 0.4) is 0 Å². The summed E-state index contributed by atoms with van der Waals surface area (Å²) >= 11 is 0. The maximum Gasteiger partial charge on any atom is 1.00 e. The van der Waals surface area contributed by atoms with Crippen LogP contribution in [0.25, 0.3) is 0 Å². The van der Waals surface area contributed by atoms with Gasteiger partial charge in [-0.05, 0) is 38.8 Å². The number of rotatable bonds is 7. The fraction of sp³-hybridized carbons (Fsp3) is 0.529. The van der Waals surface area contributed by atoms with Crippen LogP contribution in [0.1, 0.15) is 52.0 Å². The summed E-state index contributed by atoms with van der Waals surface area (Å²) in [6, 6.07) is 4.52. The van der Waals surface area contributed by atoms with E-state index < -0.39 is 16.1 Å². The van der Waals surface area contributed by atoms with E-state index in [4.69, 9.17) is 5.11 Å². The van der Waals surface area contributed by atoms with E-state index in [0.29, 0.717) is 6.42 Å². The third kappa shape index (κ3) is 5.21. The third-order valence-corrected chi connectivity index (χ3v) is 5.63. The minimum atomic E-state index is -4.48. The first-order chi connectivity index (χ1) is 11.0. The molecule has 0 amide bonds. The molecule has 6 nitrogen and oxygen atoms in total. The number of hydrogen-bond donors (Lipinski definition) is 1. The molecule has 1 aliphatic rings. The first kappa shape index (κ1) is 22.9. The summed E-state index contributed by atoms with van der Waals surface area (Å²) in [6.07, 6.45) is 2.49. The van der Waals surface area contributed by atoms with Crippen LogP contribution in [0, 0.1) is 0 Å². The number of unbranched alkanes of at least 4 members (excludes halogenated alkanes) is 2. The molecule has 1 aliphatic heterocycles. The van der Waals surface area contributed by atoms with E-state index in [1.165, 1.54) is 12.1 Å². The third-order valence-electron chi connectivity index (χ3n) is 4.80. The SMILES string of the molecule is CC1=[N+](CCCCCC(=O)O)c2ccc(S(=O)(=O)[O-])cc2C1(C)C.[K+]. The fourth-order valence-electron chi connectivity index (χ4n) is 3.13. The van der Waals surface area contributed by atoms with Gasteiger partial charge in [0.15, 0.2) is 5.71 Å². The maximum atomic E-state index is 11.3. The second-order valence-corrected chi connectivity index (χ2v) is 8.08. The Morgan fingerprint density at radius 2 is 1.88 bits per heavy atom. The van der Waals surface area contributed by atoms with Crippen molar-refractivity contribution >= 4 is 27.5 Å². The van der Waals surface area contributed by atoms with E-state index in [-0.39, 0.29) is 68.1 Å². The Bertz CT molecular complexity index is 799. The predicted molar refractivity (Wildman–Crippen MR) is 89.0 cm³/mol. The second kappa shape index (κ2) is 8.73. The van der Waals surface area contributed by atoms with E-state index in [1.807, 2.05) is 20.8 Å². The Kier molecular flexibility index (Phi) is 8.01. The maximum absolute atomic E-state index is 11.3. The van der Waals surface area contributed by atoms with Gasteiger partial charge in [-0.2, -0.15) is 4.58 Å². The Balaban J connectivity index is 0.00000312. The summed E-state index contributed by atoms with van der Waals surface area (Å²) < 4.78 is 36.0. The number of carboxylic acids is 1. The molecule has 1 N–H and O–H groups in total. The van der Waals surface area contributed by atoms with Crippen molar-refractivity contribution in [3.63, 3.8) is 0 Å². The Morgan fingerprint density at radius 3 is 2.44 bits per heavy atom. The topological polar surface area (TPSA) is 97.5 Å². The van der Waals surface area contributed by atoms with Gasteiger partial charge in [-0.3, -0.25) is 4.79 Å². The number of benzene rings is 1. The summed E-state index contributed by atoms with van der Waals surface area (Å²) in [5.74, 6) is -0.781. The van der Waals surface area contributed by atoms with Crippen molar-refractivity contribution in [2.45, 2.75) is 56.8 Å². The van der Waals surface area contributed by atoms with Crippen molar-refractivity contribution in [3.8, 4) is 0 Å². The molecule has 0 spiro atoms. The molecule has 0 saturated carbocycles. The molecule has 0 fully saturated rings. The molecule has 132 valence electrons. The molecule has 0 bridgehead atoms. The molecule has 1 heterocycles. The van der Waals surface area contributed by atoms with Crippen LogP contribution in [0.5, 0.6) is 0 Å². The first-order valence-corrected chi connectivity index (χ1v) is 9.40. The van der Waals surface area contributed by atoms with Crippen LogP contribution >= 0.6 is 0 Å². The molecule has 0 radical (unpaired) electrons. The zero-order valence-corrected chi connectivity index (χ0v) is 19.1. The molecule has 1 aromatic rings. The average molecular weight is 393 g/mol. The summed E-state index contributed by atoms with van der Waals surface area (Å²) in [5, 5.41) is 8.67. The van der Waals surface area contributed by atoms with Crippen molar-refractivity contribution in [2.75, 3.05) is 6.54 Å². The number of aliphatic carboxylic acids is 1. The number of carbonyl (C=O) groups is 1. The Labute approximate surface area is 191 Å². The van der Waals surface area contributed by atoms with Gasteiger partial charge in [0.2, 0.25) is 5.69 Å². The summed E-state index contributed by atoms with van der Waals surface area (Å²) in [4.78, 5) is 10.3. The van der Waals surface area contributed by atoms with Gasteiger partial charge in [0, 0.05) is 31.4 Å². The monoisotopic (exact) mass is 392 g/mol. The molecule has 8 heteroatoms. The molecule has 2 rings (SSSR count). The predicted octanol–water partition coefficient (Wildman–Crippen LogP) is -0.364. The van der Waals surface area contributed by atoms with Gasteiger partial charge in [0.25, 0.3) is 0 Å². The molecule has 0 unspecified atom stereocenters. The van der Waals surface area contributed by atoms with E-state index in [9.17, 15) is 17.8 Å². The fourth-order valence-corrected chi connectivity index (χ4v) is 3.63. The summed E-state index contributed by atoms with van der Waals surface area (Å²) in [6.45, 7) is 6.76. The molecule has 0 atom stereocenters. The molecular formula is C17H23KNO5S+. The van der Waals surface area contributed by atoms with Crippen molar-refractivity contribution in [3.05, 3.63) is 23.8 Å². The van der Waals surface area contributed by atoms with E-state index in [1.54, 1.807) is 6.07 Å². The molecular weight excluding hydrogens is 369 g/mol. The van der Waals surface area contributed by atoms with Crippen molar-refractivity contribution in [1.29, 1.82) is 0 Å². The smallest absolute Gasteiger partial charge is 0.744 e. The largest absolute Gasteiger partial charge is 1.00 e. The number of nitrogens with zero attached hydrogens (tertiary/aromatic N) is 1. The standard InChI is InChI=1S/C17H23NO5S.K/c1-12-17(2,3)14-11-13(24(21,22)23)8-9-15(14)18(12)10-6-4-5-7-16(19)20;/h8-9,11H,4-7,10H2,1-3H3,(H-,19,20,21,22,23);/q;+1. The van der Waals surface area contributed by atoms with Crippen LogP contribution < -0.4 is 51.4 Å². The van der Waals surface area contributed by atoms with Crippen LogP contribution in [0.15, 0.2) is 23.1 Å². The zero-order valence-electron chi connectivity index (χ0n) is 15.2. The Hall–Kier alpha value is -0.0936. The normalized spacial score (nSPS) is 15.7. The van der Waals surface area contributed by atoms with Crippen molar-refractivity contribution < 1.29 is 78.8 Å². The Morgan fingerprint density at radius 1 is 1.24 bits per heavy atom. The quantitative estimate of drug-likeness (QED) is 0.296. The van der Waals surface area contributed by atoms with Gasteiger partial charge in [-0.15, -0.1) is 0 Å². The van der Waals surface area contributed by atoms with Gasteiger partial charge >= 0.3 is 57.4 Å². The van der Waals surface area contributed by atoms with E-state index in [2.05, 4.69) is 4.58 Å². The number of fused-ring (bicyclic) bond motifs is 1.